The van der Waals surface area contributed by atoms with E-state index >= 15 is 0 Å². The van der Waals surface area contributed by atoms with Gasteiger partial charge in [-0.2, -0.15) is 0 Å². The normalized spacial score (nSPS) is 15.6. The Bertz CT molecular complexity index is 631. The van der Waals surface area contributed by atoms with Crippen molar-refractivity contribution in [3.63, 3.8) is 0 Å². The van der Waals surface area contributed by atoms with Gasteiger partial charge in [0, 0.05) is 43.5 Å². The van der Waals surface area contributed by atoms with Crippen LogP contribution in [0.4, 0.5) is 0 Å². The van der Waals surface area contributed by atoms with Crippen LogP contribution in [0.3, 0.4) is 0 Å². The molecular formula is C19H24ClN3O. The second kappa shape index (κ2) is 8.34. The van der Waals surface area contributed by atoms with E-state index in [4.69, 9.17) is 11.6 Å². The first-order valence-corrected chi connectivity index (χ1v) is 9.06. The van der Waals surface area contributed by atoms with Crippen LogP contribution in [0.25, 0.3) is 0 Å². The zero-order valence-electron chi connectivity index (χ0n) is 13.9. The number of piperidine rings is 1. The third-order valence-corrected chi connectivity index (χ3v) is 5.11. The minimum absolute atomic E-state index is 0.276. The Morgan fingerprint density at radius 1 is 1.21 bits per heavy atom. The molecule has 4 nitrogen and oxygen atoms in total. The van der Waals surface area contributed by atoms with Crippen LogP contribution in [0.15, 0.2) is 43.0 Å². The summed E-state index contributed by atoms with van der Waals surface area (Å²) in [5.74, 6) is 0.991. The SMILES string of the molecule is O=C(CCc1ccc(Cl)cc1)N1CCC(CCn2ccnc2)CC1. The molecule has 5 heteroatoms. The average molecular weight is 346 g/mol. The highest BCUT2D eigenvalue weighted by Gasteiger charge is 2.22. The van der Waals surface area contributed by atoms with Crippen LogP contribution in [0.5, 0.6) is 0 Å². The number of aryl methyl sites for hydroxylation is 2. The van der Waals surface area contributed by atoms with Crippen LogP contribution in [-0.4, -0.2) is 33.4 Å². The van der Waals surface area contributed by atoms with Crippen molar-refractivity contribution in [2.75, 3.05) is 13.1 Å². The van der Waals surface area contributed by atoms with E-state index in [2.05, 4.69) is 9.55 Å². The smallest absolute Gasteiger partial charge is 0.222 e. The number of aromatic nitrogens is 2. The van der Waals surface area contributed by atoms with Gasteiger partial charge in [-0.15, -0.1) is 0 Å². The molecule has 0 spiro atoms. The van der Waals surface area contributed by atoms with E-state index in [-0.39, 0.29) is 5.91 Å². The molecule has 0 radical (unpaired) electrons. The third kappa shape index (κ3) is 4.84. The molecule has 1 aliphatic heterocycles. The van der Waals surface area contributed by atoms with E-state index in [0.29, 0.717) is 12.3 Å². The molecule has 1 fully saturated rings. The Balaban J connectivity index is 1.37. The number of carbonyl (C=O) groups excluding carboxylic acids is 1. The molecule has 0 bridgehead atoms. The number of amides is 1. The Hall–Kier alpha value is -1.81. The van der Waals surface area contributed by atoms with E-state index in [1.54, 1.807) is 0 Å². The molecular weight excluding hydrogens is 322 g/mol. The van der Waals surface area contributed by atoms with Gasteiger partial charge in [-0.25, -0.2) is 4.98 Å². The van der Waals surface area contributed by atoms with Gasteiger partial charge in [-0.05, 0) is 49.3 Å². The van der Waals surface area contributed by atoms with Gasteiger partial charge >= 0.3 is 0 Å². The molecule has 0 N–H and O–H groups in total. The molecule has 1 aromatic heterocycles. The quantitative estimate of drug-likeness (QED) is 0.798. The van der Waals surface area contributed by atoms with Crippen molar-refractivity contribution >= 4 is 17.5 Å². The minimum Gasteiger partial charge on any atom is -0.343 e. The number of imidazole rings is 1. The largest absolute Gasteiger partial charge is 0.343 e. The first kappa shape index (κ1) is 17.0. The second-order valence-electron chi connectivity index (χ2n) is 6.54. The lowest BCUT2D eigenvalue weighted by atomic mass is 9.93. The monoisotopic (exact) mass is 345 g/mol. The lowest BCUT2D eigenvalue weighted by Crippen LogP contribution is -2.38. The maximum Gasteiger partial charge on any atom is 0.222 e. The van der Waals surface area contributed by atoms with Crippen LogP contribution in [0, 0.1) is 5.92 Å². The predicted octanol–water partition coefficient (Wildman–Crippen LogP) is 3.80. The molecule has 2 aromatic rings. The van der Waals surface area contributed by atoms with Gasteiger partial charge in [0.2, 0.25) is 5.91 Å². The summed E-state index contributed by atoms with van der Waals surface area (Å²) in [5, 5.41) is 0.739. The third-order valence-electron chi connectivity index (χ3n) is 4.86. The summed E-state index contributed by atoms with van der Waals surface area (Å²) in [7, 11) is 0. The lowest BCUT2D eigenvalue weighted by molar-refractivity contribution is -0.132. The number of hydrogen-bond acceptors (Lipinski definition) is 2. The first-order valence-electron chi connectivity index (χ1n) is 8.68. The molecule has 2 heterocycles. The summed E-state index contributed by atoms with van der Waals surface area (Å²) in [5.41, 5.74) is 1.17. The van der Waals surface area contributed by atoms with E-state index in [1.807, 2.05) is 47.9 Å². The Morgan fingerprint density at radius 2 is 1.96 bits per heavy atom. The highest BCUT2D eigenvalue weighted by Crippen LogP contribution is 2.22. The number of benzene rings is 1. The number of carbonyl (C=O) groups is 1. The fourth-order valence-corrected chi connectivity index (χ4v) is 3.41. The van der Waals surface area contributed by atoms with Crippen molar-refractivity contribution in [2.45, 2.75) is 38.6 Å². The molecule has 0 unspecified atom stereocenters. The van der Waals surface area contributed by atoms with E-state index < -0.39 is 0 Å². The average Bonchev–Trinajstić information content (AvgIpc) is 3.13. The molecule has 24 heavy (non-hydrogen) atoms. The fourth-order valence-electron chi connectivity index (χ4n) is 3.28. The summed E-state index contributed by atoms with van der Waals surface area (Å²) >= 11 is 5.89. The predicted molar refractivity (Wildman–Crippen MR) is 95.9 cm³/mol. The van der Waals surface area contributed by atoms with Crippen LogP contribution < -0.4 is 0 Å². The van der Waals surface area contributed by atoms with E-state index in [9.17, 15) is 4.79 Å². The topological polar surface area (TPSA) is 38.1 Å². The molecule has 3 rings (SSSR count). The van der Waals surface area contributed by atoms with Gasteiger partial charge in [-0.3, -0.25) is 4.79 Å². The van der Waals surface area contributed by atoms with Crippen molar-refractivity contribution in [3.8, 4) is 0 Å². The van der Waals surface area contributed by atoms with Gasteiger partial charge < -0.3 is 9.47 Å². The van der Waals surface area contributed by atoms with Gasteiger partial charge in [0.15, 0.2) is 0 Å². The number of hydrogen-bond donors (Lipinski definition) is 0. The summed E-state index contributed by atoms with van der Waals surface area (Å²) in [4.78, 5) is 18.5. The van der Waals surface area contributed by atoms with E-state index in [1.165, 1.54) is 12.0 Å². The number of halogens is 1. The number of nitrogens with zero attached hydrogens (tertiary/aromatic N) is 3. The Labute approximate surface area is 148 Å². The van der Waals surface area contributed by atoms with Crippen molar-refractivity contribution in [1.82, 2.24) is 14.5 Å². The van der Waals surface area contributed by atoms with Gasteiger partial charge in [0.05, 0.1) is 6.33 Å². The van der Waals surface area contributed by atoms with Crippen LogP contribution in [-0.2, 0) is 17.8 Å². The first-order chi connectivity index (χ1) is 11.7. The molecule has 0 saturated carbocycles. The molecule has 0 atom stereocenters. The summed E-state index contributed by atoms with van der Waals surface area (Å²) in [6, 6.07) is 7.76. The molecule has 1 aromatic carbocycles. The van der Waals surface area contributed by atoms with Gasteiger partial charge in [0.25, 0.3) is 0 Å². The zero-order chi connectivity index (χ0) is 16.8. The maximum absolute atomic E-state index is 12.4. The van der Waals surface area contributed by atoms with Crippen LogP contribution in [0.2, 0.25) is 5.02 Å². The van der Waals surface area contributed by atoms with Gasteiger partial charge in [-0.1, -0.05) is 23.7 Å². The summed E-state index contributed by atoms with van der Waals surface area (Å²) in [6.07, 6.45) is 10.5. The van der Waals surface area contributed by atoms with Crippen molar-refractivity contribution in [2.24, 2.45) is 5.92 Å². The molecule has 1 aliphatic rings. The number of likely N-dealkylation sites (tertiary alicyclic amines) is 1. The standard InChI is InChI=1S/C19H24ClN3O/c20-18-4-1-16(2-5-18)3-6-19(24)23-12-8-17(9-13-23)7-11-22-14-10-21-15-22/h1-2,4-5,10,14-15,17H,3,6-9,11-13H2. The van der Waals surface area contributed by atoms with Crippen molar-refractivity contribution in [1.29, 1.82) is 0 Å². The van der Waals surface area contributed by atoms with Gasteiger partial charge in [0.1, 0.15) is 0 Å². The Kier molecular flexibility index (Phi) is 5.91. The van der Waals surface area contributed by atoms with E-state index in [0.717, 1.165) is 43.9 Å². The Morgan fingerprint density at radius 3 is 2.62 bits per heavy atom. The van der Waals surface area contributed by atoms with Crippen LogP contribution >= 0.6 is 11.6 Å². The molecule has 128 valence electrons. The minimum atomic E-state index is 0.276. The lowest BCUT2D eigenvalue weighted by Gasteiger charge is -2.32. The molecule has 1 saturated heterocycles. The highest BCUT2D eigenvalue weighted by atomic mass is 35.5. The summed E-state index contributed by atoms with van der Waals surface area (Å²) < 4.78 is 2.13. The highest BCUT2D eigenvalue weighted by molar-refractivity contribution is 6.30. The molecule has 0 aliphatic carbocycles. The molecule has 1 amide bonds. The zero-order valence-corrected chi connectivity index (χ0v) is 14.7. The second-order valence-corrected chi connectivity index (χ2v) is 6.98. The van der Waals surface area contributed by atoms with Crippen molar-refractivity contribution < 1.29 is 4.79 Å². The maximum atomic E-state index is 12.4. The number of rotatable bonds is 6. The summed E-state index contributed by atoms with van der Waals surface area (Å²) in [6.45, 7) is 2.82. The van der Waals surface area contributed by atoms with Crippen molar-refractivity contribution in [3.05, 3.63) is 53.6 Å². The fraction of sp³-hybridized carbons (Fsp3) is 0.474. The van der Waals surface area contributed by atoms with Crippen LogP contribution in [0.1, 0.15) is 31.2 Å².